The molecule has 0 aliphatic heterocycles. The average molecular weight is 131 g/mol. The van der Waals surface area contributed by atoms with Gasteiger partial charge in [-0.1, -0.05) is 6.92 Å². The van der Waals surface area contributed by atoms with Crippen LogP contribution in [0, 0.1) is 0 Å². The summed E-state index contributed by atoms with van der Waals surface area (Å²) in [5.41, 5.74) is 0. The molecule has 0 unspecified atom stereocenters. The molecule has 0 saturated heterocycles. The summed E-state index contributed by atoms with van der Waals surface area (Å²) in [6.45, 7) is 7.29. The van der Waals surface area contributed by atoms with Gasteiger partial charge in [0.2, 0.25) is 0 Å². The molecular formula is C7H17NO. The van der Waals surface area contributed by atoms with E-state index in [0.717, 1.165) is 6.54 Å². The highest BCUT2D eigenvalue weighted by molar-refractivity contribution is 4.65. The van der Waals surface area contributed by atoms with E-state index in [-0.39, 0.29) is 0 Å². The number of nitrogens with one attached hydrogen (secondary N) is 1. The van der Waals surface area contributed by atoms with E-state index in [2.05, 4.69) is 26.1 Å². The van der Waals surface area contributed by atoms with Crippen LogP contribution >= 0.6 is 0 Å². The summed E-state index contributed by atoms with van der Waals surface area (Å²) in [5.74, 6) is 0. The quantitative estimate of drug-likeness (QED) is 0.615. The highest BCUT2D eigenvalue weighted by atomic mass is 16.5. The molecule has 2 heteroatoms. The number of hydrogen-bond donors (Lipinski definition) is 1. The summed E-state index contributed by atoms with van der Waals surface area (Å²) in [6, 6.07) is 0.458. The van der Waals surface area contributed by atoms with Crippen molar-refractivity contribution in [3.05, 3.63) is 0 Å². The van der Waals surface area contributed by atoms with Crippen LogP contribution in [0.4, 0.5) is 0 Å². The molecular weight excluding hydrogens is 114 g/mol. The lowest BCUT2D eigenvalue weighted by molar-refractivity contribution is 0.0894. The second-order valence-corrected chi connectivity index (χ2v) is 2.29. The van der Waals surface area contributed by atoms with Gasteiger partial charge >= 0.3 is 0 Å². The fraction of sp³-hybridized carbons (Fsp3) is 1.00. The van der Waals surface area contributed by atoms with Gasteiger partial charge in [-0.2, -0.15) is 0 Å². The van der Waals surface area contributed by atoms with Crippen molar-refractivity contribution in [3.63, 3.8) is 0 Å². The van der Waals surface area contributed by atoms with Gasteiger partial charge in [-0.05, 0) is 20.4 Å². The van der Waals surface area contributed by atoms with Gasteiger partial charge in [0.15, 0.2) is 0 Å². The van der Waals surface area contributed by atoms with Gasteiger partial charge in [0.25, 0.3) is 0 Å². The first-order chi connectivity index (χ1) is 4.22. The van der Waals surface area contributed by atoms with Crippen molar-refractivity contribution in [3.8, 4) is 0 Å². The van der Waals surface area contributed by atoms with Crippen molar-refractivity contribution in [1.29, 1.82) is 0 Å². The van der Waals surface area contributed by atoms with Crippen LogP contribution in [0.15, 0.2) is 0 Å². The van der Waals surface area contributed by atoms with Crippen LogP contribution in [0.3, 0.4) is 0 Å². The van der Waals surface area contributed by atoms with E-state index in [1.807, 2.05) is 0 Å². The molecule has 0 bridgehead atoms. The van der Waals surface area contributed by atoms with Crippen molar-refractivity contribution in [2.75, 3.05) is 13.7 Å². The molecule has 0 aliphatic rings. The molecule has 0 aromatic carbocycles. The predicted molar refractivity (Wildman–Crippen MR) is 39.6 cm³/mol. The minimum Gasteiger partial charge on any atom is -0.380 e. The molecule has 0 saturated carbocycles. The first-order valence-corrected chi connectivity index (χ1v) is 3.48. The molecule has 56 valence electrons. The molecule has 1 N–H and O–H groups in total. The lowest BCUT2D eigenvalue weighted by Gasteiger charge is -2.18. The van der Waals surface area contributed by atoms with Crippen LogP contribution in [-0.2, 0) is 4.74 Å². The Kier molecular flexibility index (Phi) is 4.72. The SMILES string of the molecule is CCN[C@@H](C)[C@@H](C)OC. The second kappa shape index (κ2) is 4.77. The zero-order chi connectivity index (χ0) is 7.28. The number of rotatable bonds is 4. The van der Waals surface area contributed by atoms with Gasteiger partial charge in [-0.25, -0.2) is 0 Å². The zero-order valence-corrected chi connectivity index (χ0v) is 6.77. The van der Waals surface area contributed by atoms with Crippen molar-refractivity contribution in [2.24, 2.45) is 0 Å². The summed E-state index contributed by atoms with van der Waals surface area (Å²) in [7, 11) is 1.73. The lowest BCUT2D eigenvalue weighted by Crippen LogP contribution is -2.36. The average Bonchev–Trinajstić information content (AvgIpc) is 1.87. The number of ether oxygens (including phenoxy) is 1. The molecule has 2 nitrogen and oxygen atoms in total. The Morgan fingerprint density at radius 2 is 2.00 bits per heavy atom. The number of methoxy groups -OCH3 is 1. The smallest absolute Gasteiger partial charge is 0.0693 e. The second-order valence-electron chi connectivity index (χ2n) is 2.29. The summed E-state index contributed by atoms with van der Waals surface area (Å²) < 4.78 is 5.10. The van der Waals surface area contributed by atoms with Crippen molar-refractivity contribution in [1.82, 2.24) is 5.32 Å². The first kappa shape index (κ1) is 8.92. The maximum atomic E-state index is 5.10. The minimum atomic E-state index is 0.310. The van der Waals surface area contributed by atoms with E-state index < -0.39 is 0 Å². The summed E-state index contributed by atoms with van der Waals surface area (Å²) in [5, 5.41) is 3.27. The fourth-order valence-corrected chi connectivity index (χ4v) is 0.692. The van der Waals surface area contributed by atoms with Crippen LogP contribution in [0.1, 0.15) is 20.8 Å². The normalized spacial score (nSPS) is 17.3. The maximum Gasteiger partial charge on any atom is 0.0693 e. The minimum absolute atomic E-state index is 0.310. The van der Waals surface area contributed by atoms with Crippen LogP contribution in [0.25, 0.3) is 0 Å². The van der Waals surface area contributed by atoms with E-state index in [0.29, 0.717) is 12.1 Å². The third-order valence-corrected chi connectivity index (χ3v) is 1.60. The molecule has 0 aromatic heterocycles. The van der Waals surface area contributed by atoms with E-state index in [4.69, 9.17) is 4.74 Å². The third-order valence-electron chi connectivity index (χ3n) is 1.60. The van der Waals surface area contributed by atoms with Crippen LogP contribution in [0.2, 0.25) is 0 Å². The highest BCUT2D eigenvalue weighted by Gasteiger charge is 2.07. The summed E-state index contributed by atoms with van der Waals surface area (Å²) in [4.78, 5) is 0. The molecule has 0 rings (SSSR count). The number of likely N-dealkylation sites (N-methyl/N-ethyl adjacent to an activating group) is 1. The number of hydrogen-bond acceptors (Lipinski definition) is 2. The van der Waals surface area contributed by atoms with E-state index >= 15 is 0 Å². The molecule has 0 aromatic rings. The van der Waals surface area contributed by atoms with Gasteiger partial charge in [-0.3, -0.25) is 0 Å². The summed E-state index contributed by atoms with van der Waals surface area (Å²) in [6.07, 6.45) is 0.310. The van der Waals surface area contributed by atoms with Gasteiger partial charge in [0.05, 0.1) is 6.10 Å². The van der Waals surface area contributed by atoms with Crippen molar-refractivity contribution >= 4 is 0 Å². The standard InChI is InChI=1S/C7H17NO/c1-5-8-6(2)7(3)9-4/h6-8H,5H2,1-4H3/t6-,7+/m0/s1. The molecule has 9 heavy (non-hydrogen) atoms. The molecule has 0 spiro atoms. The Morgan fingerprint density at radius 1 is 1.44 bits per heavy atom. The lowest BCUT2D eigenvalue weighted by atomic mass is 10.2. The molecule has 0 heterocycles. The van der Waals surface area contributed by atoms with Crippen LogP contribution in [-0.4, -0.2) is 25.8 Å². The van der Waals surface area contributed by atoms with Gasteiger partial charge < -0.3 is 10.1 Å². The molecule has 0 fully saturated rings. The van der Waals surface area contributed by atoms with Crippen molar-refractivity contribution < 1.29 is 4.74 Å². The van der Waals surface area contributed by atoms with Crippen molar-refractivity contribution in [2.45, 2.75) is 32.9 Å². The molecule has 0 radical (unpaired) electrons. The van der Waals surface area contributed by atoms with E-state index in [9.17, 15) is 0 Å². The van der Waals surface area contributed by atoms with Crippen LogP contribution in [0.5, 0.6) is 0 Å². The highest BCUT2D eigenvalue weighted by Crippen LogP contribution is 1.94. The Balaban J connectivity index is 3.32. The summed E-state index contributed by atoms with van der Waals surface area (Å²) >= 11 is 0. The Bertz CT molecular complexity index is 65.9. The predicted octanol–water partition coefficient (Wildman–Crippen LogP) is 1.02. The Morgan fingerprint density at radius 3 is 2.33 bits per heavy atom. The van der Waals surface area contributed by atoms with E-state index in [1.165, 1.54) is 0 Å². The zero-order valence-electron chi connectivity index (χ0n) is 6.77. The first-order valence-electron chi connectivity index (χ1n) is 3.48. The fourth-order valence-electron chi connectivity index (χ4n) is 0.692. The largest absolute Gasteiger partial charge is 0.380 e. The molecule has 2 atom stereocenters. The topological polar surface area (TPSA) is 21.3 Å². The Hall–Kier alpha value is -0.0800. The van der Waals surface area contributed by atoms with E-state index in [1.54, 1.807) is 7.11 Å². The van der Waals surface area contributed by atoms with Gasteiger partial charge in [0, 0.05) is 13.2 Å². The Labute approximate surface area is 57.6 Å². The molecule has 0 amide bonds. The third kappa shape index (κ3) is 3.49. The van der Waals surface area contributed by atoms with Crippen LogP contribution < -0.4 is 5.32 Å². The molecule has 0 aliphatic carbocycles. The van der Waals surface area contributed by atoms with Gasteiger partial charge in [0.1, 0.15) is 0 Å². The van der Waals surface area contributed by atoms with Gasteiger partial charge in [-0.15, -0.1) is 0 Å². The monoisotopic (exact) mass is 131 g/mol. The maximum absolute atomic E-state index is 5.10.